The van der Waals surface area contributed by atoms with Gasteiger partial charge in [0.25, 0.3) is 11.8 Å². The van der Waals surface area contributed by atoms with E-state index in [9.17, 15) is 9.59 Å². The summed E-state index contributed by atoms with van der Waals surface area (Å²) in [6.45, 7) is 0.442. The number of hydrogen-bond acceptors (Lipinski definition) is 6. The van der Waals surface area contributed by atoms with Gasteiger partial charge in [0.15, 0.2) is 11.5 Å². The van der Waals surface area contributed by atoms with Crippen molar-refractivity contribution in [2.24, 2.45) is 0 Å². The van der Waals surface area contributed by atoms with Crippen molar-refractivity contribution in [2.45, 2.75) is 0 Å². The first-order valence-corrected chi connectivity index (χ1v) is 11.1. The number of halogens is 1. The second-order valence-electron chi connectivity index (χ2n) is 7.36. The Morgan fingerprint density at radius 1 is 0.857 bits per heavy atom. The molecule has 1 aliphatic rings. The summed E-state index contributed by atoms with van der Waals surface area (Å²) in [5, 5.41) is 1.72. The van der Waals surface area contributed by atoms with Crippen LogP contribution >= 0.6 is 11.6 Å². The lowest BCUT2D eigenvalue weighted by atomic mass is 10.1. The second kappa shape index (κ2) is 10.8. The number of para-hydroxylation sites is 2. The van der Waals surface area contributed by atoms with Gasteiger partial charge in [0.1, 0.15) is 24.5 Å². The van der Waals surface area contributed by atoms with Gasteiger partial charge in [-0.1, -0.05) is 41.9 Å². The molecule has 1 heterocycles. The first-order chi connectivity index (χ1) is 17.0. The minimum Gasteiger partial charge on any atom is -0.493 e. The molecule has 0 aromatic heterocycles. The highest BCUT2D eigenvalue weighted by molar-refractivity contribution is 6.32. The molecule has 0 aliphatic carbocycles. The van der Waals surface area contributed by atoms with Gasteiger partial charge in [-0.25, -0.2) is 5.01 Å². The maximum atomic E-state index is 12.9. The summed E-state index contributed by atoms with van der Waals surface area (Å²) >= 11 is 6.10. The van der Waals surface area contributed by atoms with Gasteiger partial charge in [0.2, 0.25) is 5.75 Å². The Labute approximate surface area is 207 Å². The number of amides is 2. The van der Waals surface area contributed by atoms with E-state index in [4.69, 9.17) is 30.5 Å². The molecule has 1 saturated heterocycles. The molecule has 0 radical (unpaired) electrons. The first-order valence-electron chi connectivity index (χ1n) is 10.7. The van der Waals surface area contributed by atoms with E-state index in [0.29, 0.717) is 39.3 Å². The summed E-state index contributed by atoms with van der Waals surface area (Å²) in [5.41, 5.74) is 3.66. The average Bonchev–Trinajstić information content (AvgIpc) is 3.16. The van der Waals surface area contributed by atoms with Crippen LogP contribution in [-0.4, -0.2) is 39.2 Å². The van der Waals surface area contributed by atoms with Gasteiger partial charge in [0.05, 0.1) is 24.9 Å². The lowest BCUT2D eigenvalue weighted by Crippen LogP contribution is -2.35. The van der Waals surface area contributed by atoms with Crippen molar-refractivity contribution in [2.75, 3.05) is 32.4 Å². The summed E-state index contributed by atoms with van der Waals surface area (Å²) in [6.07, 6.45) is 1.48. The van der Waals surface area contributed by atoms with E-state index in [1.54, 1.807) is 48.5 Å². The molecule has 35 heavy (non-hydrogen) atoms. The third-order valence-corrected chi connectivity index (χ3v) is 5.44. The van der Waals surface area contributed by atoms with Crippen LogP contribution in [0.25, 0.3) is 6.08 Å². The van der Waals surface area contributed by atoms with Crippen molar-refractivity contribution in [1.29, 1.82) is 0 Å². The number of benzene rings is 3. The molecule has 1 aliphatic heterocycles. The highest BCUT2D eigenvalue weighted by atomic mass is 35.5. The molecule has 1 N–H and O–H groups in total. The maximum Gasteiger partial charge on any atom is 0.282 e. The van der Waals surface area contributed by atoms with Gasteiger partial charge in [-0.2, -0.15) is 0 Å². The number of hydrogen-bond donors (Lipinski definition) is 1. The minimum absolute atomic E-state index is 0.0141. The fourth-order valence-corrected chi connectivity index (χ4v) is 3.66. The summed E-state index contributed by atoms with van der Waals surface area (Å²) < 4.78 is 22.5. The largest absolute Gasteiger partial charge is 0.493 e. The lowest BCUT2D eigenvalue weighted by molar-refractivity contribution is -0.117. The Morgan fingerprint density at radius 2 is 1.49 bits per heavy atom. The Morgan fingerprint density at radius 3 is 2.14 bits per heavy atom. The van der Waals surface area contributed by atoms with Gasteiger partial charge < -0.3 is 18.9 Å². The van der Waals surface area contributed by atoms with Gasteiger partial charge >= 0.3 is 0 Å². The second-order valence-corrected chi connectivity index (χ2v) is 7.76. The van der Waals surface area contributed by atoms with E-state index in [1.165, 1.54) is 25.3 Å². The van der Waals surface area contributed by atoms with Crippen LogP contribution < -0.4 is 29.4 Å². The molecule has 180 valence electrons. The summed E-state index contributed by atoms with van der Waals surface area (Å²) in [4.78, 5) is 25.4. The van der Waals surface area contributed by atoms with Crippen LogP contribution in [0.5, 0.6) is 23.0 Å². The van der Waals surface area contributed by atoms with E-state index in [-0.39, 0.29) is 18.8 Å². The number of hydrazine groups is 1. The number of nitrogens with zero attached hydrogens (tertiary/aromatic N) is 1. The van der Waals surface area contributed by atoms with Crippen LogP contribution in [0.1, 0.15) is 5.56 Å². The highest BCUT2D eigenvalue weighted by Gasteiger charge is 2.34. The molecule has 0 atom stereocenters. The smallest absolute Gasteiger partial charge is 0.282 e. The molecular formula is C26H23ClN2O6. The van der Waals surface area contributed by atoms with Crippen LogP contribution in [-0.2, 0) is 9.59 Å². The number of nitrogens with one attached hydrogen (secondary N) is 1. The first kappa shape index (κ1) is 24.0. The molecule has 0 spiro atoms. The quantitative estimate of drug-likeness (QED) is 0.271. The van der Waals surface area contributed by atoms with Crippen LogP contribution in [0.15, 0.2) is 72.3 Å². The van der Waals surface area contributed by atoms with Crippen molar-refractivity contribution in [1.82, 2.24) is 5.43 Å². The zero-order valence-corrected chi connectivity index (χ0v) is 19.9. The third-order valence-electron chi connectivity index (χ3n) is 5.12. The molecule has 0 bridgehead atoms. The van der Waals surface area contributed by atoms with Crippen molar-refractivity contribution in [3.8, 4) is 23.0 Å². The summed E-state index contributed by atoms with van der Waals surface area (Å²) in [7, 11) is 2.98. The Kier molecular flexibility index (Phi) is 7.42. The van der Waals surface area contributed by atoms with Crippen LogP contribution in [0.2, 0.25) is 5.02 Å². The van der Waals surface area contributed by atoms with Gasteiger partial charge in [0, 0.05) is 0 Å². The molecule has 1 fully saturated rings. The topological polar surface area (TPSA) is 86.3 Å². The highest BCUT2D eigenvalue weighted by Crippen LogP contribution is 2.39. The summed E-state index contributed by atoms with van der Waals surface area (Å²) in [6, 6.07) is 19.3. The molecule has 4 rings (SSSR count). The molecule has 8 nitrogen and oxygen atoms in total. The zero-order valence-electron chi connectivity index (χ0n) is 19.1. The fourth-order valence-electron chi connectivity index (χ4n) is 3.47. The lowest BCUT2D eigenvalue weighted by Gasteiger charge is -2.16. The minimum atomic E-state index is -0.506. The van der Waals surface area contributed by atoms with Gasteiger partial charge in [-0.05, 0) is 48.0 Å². The van der Waals surface area contributed by atoms with E-state index in [1.807, 2.05) is 18.2 Å². The van der Waals surface area contributed by atoms with E-state index >= 15 is 0 Å². The summed E-state index contributed by atoms with van der Waals surface area (Å²) in [5.74, 6) is 0.709. The van der Waals surface area contributed by atoms with Crippen LogP contribution in [0.4, 0.5) is 5.69 Å². The zero-order chi connectivity index (χ0) is 24.8. The molecule has 3 aromatic rings. The van der Waals surface area contributed by atoms with Crippen LogP contribution in [0, 0.1) is 0 Å². The molecule has 0 saturated carbocycles. The molecule has 9 heteroatoms. The Bertz CT molecular complexity index is 1240. The third kappa shape index (κ3) is 5.33. The van der Waals surface area contributed by atoms with E-state index < -0.39 is 11.8 Å². The average molecular weight is 495 g/mol. The normalized spacial score (nSPS) is 14.1. The fraction of sp³-hybridized carbons (Fsp3) is 0.154. The number of anilines is 1. The number of carbonyl (C=O) groups excluding carboxylic acids is 2. The molecule has 0 unspecified atom stereocenters. The SMILES string of the molecule is COc1cc(C=C2C(=O)NN(c3ccccc3)C2=O)cc(OC)c1OCCOc1ccccc1Cl. The standard InChI is InChI=1S/C26H23ClN2O6/c1-32-22-15-17(14-19-25(30)28-29(26(19)31)18-8-4-3-5-9-18)16-23(33-2)24(22)35-13-12-34-21-11-7-6-10-20(21)27/h3-11,14-16H,12-13H2,1-2H3,(H,28,30). The molecule has 3 aromatic carbocycles. The van der Waals surface area contributed by atoms with Crippen molar-refractivity contribution in [3.63, 3.8) is 0 Å². The Hall–Kier alpha value is -4.17. The van der Waals surface area contributed by atoms with Crippen molar-refractivity contribution >= 4 is 35.2 Å². The van der Waals surface area contributed by atoms with Crippen molar-refractivity contribution < 1.29 is 28.5 Å². The monoisotopic (exact) mass is 494 g/mol. The number of carbonyl (C=O) groups is 2. The predicted molar refractivity (Wildman–Crippen MR) is 132 cm³/mol. The van der Waals surface area contributed by atoms with Crippen molar-refractivity contribution in [3.05, 3.63) is 82.9 Å². The van der Waals surface area contributed by atoms with Gasteiger partial charge in [-0.3, -0.25) is 15.0 Å². The molecular weight excluding hydrogens is 472 g/mol. The Balaban J connectivity index is 1.52. The number of ether oxygens (including phenoxy) is 4. The van der Waals surface area contributed by atoms with E-state index in [0.717, 1.165) is 0 Å². The van der Waals surface area contributed by atoms with Gasteiger partial charge in [-0.15, -0.1) is 0 Å². The predicted octanol–water partition coefficient (Wildman–Crippen LogP) is 4.28. The maximum absolute atomic E-state index is 12.9. The number of rotatable bonds is 9. The number of methoxy groups -OCH3 is 2. The van der Waals surface area contributed by atoms with E-state index in [2.05, 4.69) is 5.43 Å². The molecule has 2 amide bonds. The van der Waals surface area contributed by atoms with Crippen LogP contribution in [0.3, 0.4) is 0 Å².